The third-order valence-corrected chi connectivity index (χ3v) is 9.89. The first-order valence-corrected chi connectivity index (χ1v) is 23.3. The summed E-state index contributed by atoms with van der Waals surface area (Å²) in [5, 5.41) is 9.90. The van der Waals surface area contributed by atoms with Gasteiger partial charge in [-0.1, -0.05) is 139 Å². The average molecular weight is 808 g/mol. The zero-order valence-electron chi connectivity index (χ0n) is 36.2. The van der Waals surface area contributed by atoms with Crippen LogP contribution in [0, 0.1) is 0 Å². The Kier molecular flexibility index (Phi) is 36.7. The zero-order valence-corrected chi connectivity index (χ0v) is 37.1. The molecule has 0 amide bonds. The Hall–Kier alpha value is -2.26. The number of phosphoric acid groups is 1. The number of phosphoric ester groups is 1. The van der Waals surface area contributed by atoms with Gasteiger partial charge in [0, 0.05) is 6.42 Å². The maximum Gasteiger partial charge on any atom is 0.305 e. The standard InChI is InChI=1S/C46H82NO8P/c1-6-8-10-11-12-13-14-15-16-17-18-22-25-28-31-35-40-52-45(43-55-56(50,51)54-41-39-47(3,4)5)42-53-46(49)38-34-30-27-24-21-19-20-23-26-29-33-37-44(48)36-32-9-7-2/h15-16,19-20,24,26-27,29,33,35,37,40,44-45,48H,6-14,17-18,21-23,25,28,30-32,34,36,38-39,41-43H2,1-5H3/b16-15-,20-19-,27-24-,29-26-,37-33+,40-35+/t44-,45-/m1/s1. The number of ether oxygens (including phenoxy) is 2. The van der Waals surface area contributed by atoms with E-state index < -0.39 is 13.9 Å². The van der Waals surface area contributed by atoms with Crippen molar-refractivity contribution in [2.45, 2.75) is 167 Å². The van der Waals surface area contributed by atoms with E-state index in [9.17, 15) is 19.4 Å². The van der Waals surface area contributed by atoms with Crippen molar-refractivity contribution in [1.82, 2.24) is 0 Å². The second-order valence-electron chi connectivity index (χ2n) is 15.6. The van der Waals surface area contributed by atoms with Crippen molar-refractivity contribution < 1.29 is 42.4 Å². The molecule has 1 N–H and O–H groups in total. The molecule has 56 heavy (non-hydrogen) atoms. The van der Waals surface area contributed by atoms with Gasteiger partial charge in [-0.2, -0.15) is 0 Å². The van der Waals surface area contributed by atoms with Gasteiger partial charge < -0.3 is 33.0 Å². The molecule has 0 heterocycles. The average Bonchev–Trinajstić information content (AvgIpc) is 3.15. The SMILES string of the molecule is CCCCCCCC/C=C\CCCCCC/C=C/O[C@H](COC(=O)CCC/C=C\C/C=C\C/C=C\C=C\[C@H](O)CCCCC)COP(=O)([O-])OCC[N+](C)(C)C. The summed E-state index contributed by atoms with van der Waals surface area (Å²) in [5.74, 6) is -0.369. The van der Waals surface area contributed by atoms with Gasteiger partial charge in [0.1, 0.15) is 19.8 Å². The molecule has 9 nitrogen and oxygen atoms in total. The lowest BCUT2D eigenvalue weighted by molar-refractivity contribution is -0.870. The molecule has 0 fully saturated rings. The molecule has 0 aromatic rings. The maximum atomic E-state index is 12.5. The summed E-state index contributed by atoms with van der Waals surface area (Å²) in [5.41, 5.74) is 0. The number of hydrogen-bond acceptors (Lipinski definition) is 8. The molecular formula is C46H82NO8P. The monoisotopic (exact) mass is 808 g/mol. The molecule has 0 aliphatic heterocycles. The van der Waals surface area contributed by atoms with Crippen LogP contribution in [-0.4, -0.2) is 75.3 Å². The van der Waals surface area contributed by atoms with Crippen LogP contribution in [0.25, 0.3) is 0 Å². The molecule has 3 atom stereocenters. The number of unbranched alkanes of at least 4 members (excludes halogenated alkanes) is 14. The summed E-state index contributed by atoms with van der Waals surface area (Å²) in [7, 11) is 1.29. The minimum atomic E-state index is -4.54. The number of aliphatic hydroxyl groups is 1. The number of carbonyl (C=O) groups excluding carboxylic acids is 1. The van der Waals surface area contributed by atoms with E-state index in [1.54, 1.807) is 6.26 Å². The highest BCUT2D eigenvalue weighted by Gasteiger charge is 2.19. The van der Waals surface area contributed by atoms with E-state index in [-0.39, 0.29) is 38.3 Å². The van der Waals surface area contributed by atoms with Crippen LogP contribution in [0.3, 0.4) is 0 Å². The number of hydrogen-bond donors (Lipinski definition) is 1. The normalized spacial score (nSPS) is 15.0. The van der Waals surface area contributed by atoms with Crippen molar-refractivity contribution in [3.8, 4) is 0 Å². The largest absolute Gasteiger partial charge is 0.756 e. The van der Waals surface area contributed by atoms with Gasteiger partial charge in [0.15, 0.2) is 6.10 Å². The van der Waals surface area contributed by atoms with E-state index in [4.69, 9.17) is 18.5 Å². The highest BCUT2D eigenvalue weighted by molar-refractivity contribution is 7.45. The fraction of sp³-hybridized carbons (Fsp3) is 0.717. The predicted octanol–water partition coefficient (Wildman–Crippen LogP) is 11.4. The van der Waals surface area contributed by atoms with Crippen LogP contribution in [0.2, 0.25) is 0 Å². The van der Waals surface area contributed by atoms with Crippen LogP contribution < -0.4 is 4.89 Å². The smallest absolute Gasteiger partial charge is 0.305 e. The Labute approximate surface area is 343 Å². The number of nitrogens with zero attached hydrogens (tertiary/aromatic N) is 1. The van der Waals surface area contributed by atoms with Crippen molar-refractivity contribution in [3.63, 3.8) is 0 Å². The first-order chi connectivity index (χ1) is 27.0. The summed E-state index contributed by atoms with van der Waals surface area (Å²) in [4.78, 5) is 24.8. The second-order valence-corrected chi connectivity index (χ2v) is 17.0. The number of quaternary nitrogens is 1. The first kappa shape index (κ1) is 53.7. The highest BCUT2D eigenvalue weighted by atomic mass is 31.2. The fourth-order valence-electron chi connectivity index (χ4n) is 5.39. The van der Waals surface area contributed by atoms with Crippen molar-refractivity contribution >= 4 is 13.8 Å². The molecule has 324 valence electrons. The number of likely N-dealkylation sites (N-methyl/N-ethyl adjacent to an activating group) is 1. The van der Waals surface area contributed by atoms with Gasteiger partial charge in [-0.05, 0) is 76.7 Å². The molecule has 0 saturated carbocycles. The molecule has 0 bridgehead atoms. The fourth-order valence-corrected chi connectivity index (χ4v) is 6.12. The minimum Gasteiger partial charge on any atom is -0.756 e. The third kappa shape index (κ3) is 41.4. The van der Waals surface area contributed by atoms with Gasteiger partial charge in [-0.15, -0.1) is 0 Å². The summed E-state index contributed by atoms with van der Waals surface area (Å²) >= 11 is 0. The molecule has 10 heteroatoms. The molecule has 0 radical (unpaired) electrons. The molecule has 0 rings (SSSR count). The molecule has 0 aromatic heterocycles. The zero-order chi connectivity index (χ0) is 41.4. The van der Waals surface area contributed by atoms with Crippen molar-refractivity contribution in [1.29, 1.82) is 0 Å². The second kappa shape index (κ2) is 38.3. The molecule has 0 spiro atoms. The topological polar surface area (TPSA) is 114 Å². The van der Waals surface area contributed by atoms with Gasteiger partial charge in [0.25, 0.3) is 7.82 Å². The Morgan fingerprint density at radius 2 is 1.23 bits per heavy atom. The van der Waals surface area contributed by atoms with Crippen LogP contribution in [0.5, 0.6) is 0 Å². The van der Waals surface area contributed by atoms with E-state index in [0.29, 0.717) is 17.4 Å². The Balaban J connectivity index is 4.46. The quantitative estimate of drug-likeness (QED) is 0.0124. The van der Waals surface area contributed by atoms with E-state index >= 15 is 0 Å². The maximum absolute atomic E-state index is 12.5. The Morgan fingerprint density at radius 1 is 0.679 bits per heavy atom. The first-order valence-electron chi connectivity index (χ1n) is 21.8. The summed E-state index contributed by atoms with van der Waals surface area (Å²) in [6, 6.07) is 0. The molecule has 0 aromatic carbocycles. The van der Waals surface area contributed by atoms with Crippen LogP contribution >= 0.6 is 7.82 Å². The highest BCUT2D eigenvalue weighted by Crippen LogP contribution is 2.38. The molecule has 1 unspecified atom stereocenters. The minimum absolute atomic E-state index is 0.00582. The van der Waals surface area contributed by atoms with E-state index in [1.807, 2.05) is 45.4 Å². The lowest BCUT2D eigenvalue weighted by atomic mass is 10.1. The molecular weight excluding hydrogens is 725 g/mol. The number of esters is 1. The lowest BCUT2D eigenvalue weighted by Gasteiger charge is -2.28. The van der Waals surface area contributed by atoms with Crippen LogP contribution in [0.15, 0.2) is 73.1 Å². The predicted molar refractivity (Wildman–Crippen MR) is 232 cm³/mol. The lowest BCUT2D eigenvalue weighted by Crippen LogP contribution is -2.37. The molecule has 0 saturated heterocycles. The molecule has 0 aliphatic rings. The van der Waals surface area contributed by atoms with Crippen LogP contribution in [0.4, 0.5) is 0 Å². The summed E-state index contributed by atoms with van der Waals surface area (Å²) in [6.07, 6.45) is 46.3. The number of carbonyl (C=O) groups is 1. The van der Waals surface area contributed by atoms with Gasteiger partial charge in [-0.25, -0.2) is 0 Å². The molecule has 0 aliphatic carbocycles. The van der Waals surface area contributed by atoms with Crippen LogP contribution in [0.1, 0.15) is 155 Å². The van der Waals surface area contributed by atoms with Crippen molar-refractivity contribution in [2.24, 2.45) is 0 Å². The van der Waals surface area contributed by atoms with E-state index in [2.05, 4.69) is 56.4 Å². The van der Waals surface area contributed by atoms with Crippen LogP contribution in [-0.2, 0) is 27.9 Å². The Bertz CT molecular complexity index is 1140. The third-order valence-electron chi connectivity index (χ3n) is 8.92. The van der Waals surface area contributed by atoms with Gasteiger partial charge in [0.05, 0.1) is 40.1 Å². The number of allylic oxidation sites excluding steroid dienone is 10. The van der Waals surface area contributed by atoms with Gasteiger partial charge >= 0.3 is 5.97 Å². The van der Waals surface area contributed by atoms with Gasteiger partial charge in [-0.3, -0.25) is 9.36 Å². The summed E-state index contributed by atoms with van der Waals surface area (Å²) < 4.78 is 34.2. The summed E-state index contributed by atoms with van der Waals surface area (Å²) in [6.45, 7) is 4.47. The van der Waals surface area contributed by atoms with Gasteiger partial charge in [0.2, 0.25) is 0 Å². The van der Waals surface area contributed by atoms with Crippen molar-refractivity contribution in [2.75, 3.05) is 47.5 Å². The van der Waals surface area contributed by atoms with E-state index in [0.717, 1.165) is 70.6 Å². The number of aliphatic hydroxyl groups excluding tert-OH is 1. The van der Waals surface area contributed by atoms with E-state index in [1.165, 1.54) is 57.8 Å². The number of rotatable bonds is 39. The Morgan fingerprint density at radius 3 is 1.89 bits per heavy atom. The van der Waals surface area contributed by atoms with Crippen molar-refractivity contribution in [3.05, 3.63) is 73.1 Å².